The topological polar surface area (TPSA) is 145 Å². The van der Waals surface area contributed by atoms with Crippen molar-refractivity contribution in [2.45, 2.75) is 25.3 Å². The number of aliphatic hydroxyl groups is 1. The number of β-lactam (4-membered cyclic amide) rings is 1. The number of esters is 2. The van der Waals surface area contributed by atoms with Gasteiger partial charge in [-0.25, -0.2) is 9.59 Å². The maximum absolute atomic E-state index is 12.2. The van der Waals surface area contributed by atoms with Gasteiger partial charge in [0.2, 0.25) is 12.7 Å². The molecule has 10 nitrogen and oxygen atoms in total. The van der Waals surface area contributed by atoms with Crippen LogP contribution in [0.2, 0.25) is 0 Å². The highest BCUT2D eigenvalue weighted by molar-refractivity contribution is 8.04. The van der Waals surface area contributed by atoms with Crippen LogP contribution in [-0.4, -0.2) is 58.8 Å². The zero-order chi connectivity index (χ0) is 18.0. The van der Waals surface area contributed by atoms with Crippen LogP contribution < -0.4 is 5.73 Å². The molecule has 2 rings (SSSR count). The number of aliphatic hydroxyl groups excluding tert-OH is 1. The number of amides is 2. The van der Waals surface area contributed by atoms with Crippen molar-refractivity contribution in [1.29, 1.82) is 0 Å². The van der Waals surface area contributed by atoms with Crippen LogP contribution in [0.1, 0.15) is 13.8 Å². The molecule has 0 aromatic rings. The number of nitrogens with two attached hydrogens (primary N) is 1. The lowest BCUT2D eigenvalue weighted by atomic mass is 9.92. The smallest absolute Gasteiger partial charge is 0.404 e. The molecule has 2 aliphatic rings. The minimum absolute atomic E-state index is 0.111. The molecular weight excluding hydrogens is 344 g/mol. The van der Waals surface area contributed by atoms with Crippen LogP contribution in [0.4, 0.5) is 4.79 Å². The number of nitrogens with zero attached hydrogens (tertiary/aromatic N) is 1. The number of carbonyl (C=O) groups is 4. The third kappa shape index (κ3) is 3.46. The van der Waals surface area contributed by atoms with Gasteiger partial charge in [-0.05, 0) is 6.92 Å². The molecule has 0 bridgehead atoms. The molecule has 0 unspecified atom stereocenters. The van der Waals surface area contributed by atoms with Gasteiger partial charge in [0, 0.05) is 6.92 Å². The number of hydrogen-bond acceptors (Lipinski definition) is 9. The van der Waals surface area contributed by atoms with Gasteiger partial charge in [0.1, 0.15) is 17.7 Å². The Hall–Kier alpha value is -2.27. The van der Waals surface area contributed by atoms with E-state index in [0.717, 1.165) is 23.6 Å². The Morgan fingerprint density at radius 2 is 2.00 bits per heavy atom. The summed E-state index contributed by atoms with van der Waals surface area (Å²) in [6.07, 6.45) is -1.94. The van der Waals surface area contributed by atoms with Gasteiger partial charge < -0.3 is 25.1 Å². The zero-order valence-corrected chi connectivity index (χ0v) is 13.7. The summed E-state index contributed by atoms with van der Waals surface area (Å²) in [4.78, 5) is 47.2. The van der Waals surface area contributed by atoms with Crippen LogP contribution in [0.25, 0.3) is 0 Å². The van der Waals surface area contributed by atoms with Gasteiger partial charge in [-0.1, -0.05) is 11.8 Å². The normalized spacial score (nSPS) is 23.3. The average Bonchev–Trinajstić information content (AvgIpc) is 2.78. The standard InChI is InChI=1S/C13H16N2O8S/c1-5(16)8-10(18)15-9(12(19)23-4-22-6(2)17)7(24-11(8)15)3-21-13(14)20/h5,8,11,16H,3-4H2,1-2H3,(H2,14,20)/t5-,8-,11-/m1/s1. The van der Waals surface area contributed by atoms with Crippen molar-refractivity contribution in [2.75, 3.05) is 13.4 Å². The lowest BCUT2D eigenvalue weighted by Gasteiger charge is -2.43. The highest BCUT2D eigenvalue weighted by Gasteiger charge is 2.57. The Labute approximate surface area is 140 Å². The molecule has 3 atom stereocenters. The van der Waals surface area contributed by atoms with E-state index in [2.05, 4.69) is 9.47 Å². The molecule has 24 heavy (non-hydrogen) atoms. The minimum atomic E-state index is -1.04. The Bertz CT molecular complexity index is 617. The molecular formula is C13H16N2O8S. The van der Waals surface area contributed by atoms with E-state index in [-0.39, 0.29) is 17.2 Å². The number of rotatable bonds is 6. The Balaban J connectivity index is 2.15. The van der Waals surface area contributed by atoms with Crippen LogP contribution >= 0.6 is 11.8 Å². The Morgan fingerprint density at radius 3 is 2.54 bits per heavy atom. The first-order valence-electron chi connectivity index (χ1n) is 6.87. The molecule has 0 radical (unpaired) electrons. The SMILES string of the molecule is CC(=O)OCOC(=O)C1=C(COC(N)=O)S[C@@H]2[C@H]([C@@H](C)O)C(=O)N12. The second-order valence-corrected chi connectivity index (χ2v) is 6.26. The van der Waals surface area contributed by atoms with E-state index in [1.165, 1.54) is 6.92 Å². The molecule has 2 aliphatic heterocycles. The van der Waals surface area contributed by atoms with E-state index < -0.39 is 48.1 Å². The number of ether oxygens (including phenoxy) is 3. The third-order valence-corrected chi connectivity index (χ3v) is 4.70. The van der Waals surface area contributed by atoms with Crippen molar-refractivity contribution in [3.8, 4) is 0 Å². The molecule has 1 saturated heterocycles. The highest BCUT2D eigenvalue weighted by atomic mass is 32.2. The van der Waals surface area contributed by atoms with Gasteiger partial charge in [-0.2, -0.15) is 0 Å². The van der Waals surface area contributed by atoms with E-state index >= 15 is 0 Å². The van der Waals surface area contributed by atoms with E-state index in [1.807, 2.05) is 0 Å². The number of hydrogen-bond donors (Lipinski definition) is 2. The molecule has 2 heterocycles. The van der Waals surface area contributed by atoms with Crippen molar-refractivity contribution in [2.24, 2.45) is 11.7 Å². The zero-order valence-electron chi connectivity index (χ0n) is 12.9. The lowest BCUT2D eigenvalue weighted by molar-refractivity contribution is -0.168. The summed E-state index contributed by atoms with van der Waals surface area (Å²) in [7, 11) is 0. The van der Waals surface area contributed by atoms with Crippen molar-refractivity contribution < 1.29 is 38.5 Å². The first-order valence-corrected chi connectivity index (χ1v) is 7.75. The van der Waals surface area contributed by atoms with Crippen molar-refractivity contribution in [3.05, 3.63) is 10.6 Å². The summed E-state index contributed by atoms with van der Waals surface area (Å²) >= 11 is 1.10. The van der Waals surface area contributed by atoms with Gasteiger partial charge in [0.15, 0.2) is 0 Å². The fourth-order valence-corrected chi connectivity index (χ4v) is 3.83. The first-order chi connectivity index (χ1) is 11.2. The predicted molar refractivity (Wildman–Crippen MR) is 78.7 cm³/mol. The largest absolute Gasteiger partial charge is 0.444 e. The predicted octanol–water partition coefficient (Wildman–Crippen LogP) is -0.731. The van der Waals surface area contributed by atoms with Crippen molar-refractivity contribution in [1.82, 2.24) is 4.90 Å². The lowest BCUT2D eigenvalue weighted by Crippen LogP contribution is -2.60. The van der Waals surface area contributed by atoms with Crippen LogP contribution in [0, 0.1) is 5.92 Å². The van der Waals surface area contributed by atoms with Crippen LogP contribution in [-0.2, 0) is 28.6 Å². The summed E-state index contributed by atoms with van der Waals surface area (Å²) in [6.45, 7) is 1.69. The molecule has 0 spiro atoms. The quantitative estimate of drug-likeness (QED) is 0.355. The van der Waals surface area contributed by atoms with Crippen LogP contribution in [0.3, 0.4) is 0 Å². The Morgan fingerprint density at radius 1 is 1.33 bits per heavy atom. The number of carbonyl (C=O) groups excluding carboxylic acids is 4. The first kappa shape index (κ1) is 18.1. The van der Waals surface area contributed by atoms with Crippen LogP contribution in [0.5, 0.6) is 0 Å². The number of primary amides is 1. The van der Waals surface area contributed by atoms with E-state index in [9.17, 15) is 24.3 Å². The fourth-order valence-electron chi connectivity index (χ4n) is 2.32. The maximum atomic E-state index is 12.2. The summed E-state index contributed by atoms with van der Waals surface area (Å²) in [5, 5.41) is 9.16. The molecule has 1 fully saturated rings. The molecule has 0 saturated carbocycles. The highest BCUT2D eigenvalue weighted by Crippen LogP contribution is 2.50. The van der Waals surface area contributed by atoms with Crippen molar-refractivity contribution in [3.63, 3.8) is 0 Å². The molecule has 0 aromatic carbocycles. The Kier molecular flexibility index (Phi) is 5.34. The second-order valence-electron chi connectivity index (χ2n) is 5.05. The molecule has 132 valence electrons. The van der Waals surface area contributed by atoms with E-state index in [1.54, 1.807) is 0 Å². The van der Waals surface area contributed by atoms with Gasteiger partial charge >= 0.3 is 18.0 Å². The molecule has 11 heteroatoms. The average molecular weight is 360 g/mol. The summed E-state index contributed by atoms with van der Waals surface area (Å²) in [5.41, 5.74) is 4.80. The van der Waals surface area contributed by atoms with Crippen molar-refractivity contribution >= 4 is 35.7 Å². The van der Waals surface area contributed by atoms with Gasteiger partial charge in [0.05, 0.1) is 16.9 Å². The van der Waals surface area contributed by atoms with E-state index in [0.29, 0.717) is 0 Å². The van der Waals surface area contributed by atoms with E-state index in [4.69, 9.17) is 10.5 Å². The molecule has 0 aromatic heterocycles. The molecule has 2 amide bonds. The fraction of sp³-hybridized carbons (Fsp3) is 0.538. The maximum Gasteiger partial charge on any atom is 0.404 e. The summed E-state index contributed by atoms with van der Waals surface area (Å²) in [6, 6.07) is 0. The summed E-state index contributed by atoms with van der Waals surface area (Å²) in [5.74, 6) is -2.68. The van der Waals surface area contributed by atoms with Crippen LogP contribution in [0.15, 0.2) is 10.6 Å². The van der Waals surface area contributed by atoms with Gasteiger partial charge in [0.25, 0.3) is 0 Å². The third-order valence-electron chi connectivity index (χ3n) is 3.36. The van der Waals surface area contributed by atoms with Gasteiger partial charge in [-0.15, -0.1) is 0 Å². The number of thioether (sulfide) groups is 1. The minimum Gasteiger partial charge on any atom is -0.444 e. The molecule has 3 N–H and O–H groups in total. The number of fused-ring (bicyclic) bond motifs is 1. The molecule has 0 aliphatic carbocycles. The second kappa shape index (κ2) is 7.09. The van der Waals surface area contributed by atoms with Gasteiger partial charge in [-0.3, -0.25) is 14.5 Å². The monoisotopic (exact) mass is 360 g/mol. The summed E-state index contributed by atoms with van der Waals surface area (Å²) < 4.78 is 14.0.